The topological polar surface area (TPSA) is 80.1 Å². The van der Waals surface area contributed by atoms with Crippen LogP contribution < -0.4 is 10.6 Å². The van der Waals surface area contributed by atoms with Crippen LogP contribution in [0.25, 0.3) is 0 Å². The van der Waals surface area contributed by atoms with Crippen LogP contribution in [0.2, 0.25) is 0 Å². The number of aromatic amines is 1. The van der Waals surface area contributed by atoms with Gasteiger partial charge >= 0.3 is 0 Å². The van der Waals surface area contributed by atoms with Crippen molar-refractivity contribution >= 4 is 5.95 Å². The first-order valence-corrected chi connectivity index (χ1v) is 7.60. The molecule has 0 radical (unpaired) electrons. The molecular formula is C14H25N5O. The Labute approximate surface area is 120 Å². The number of ether oxygens (including phenoxy) is 1. The van der Waals surface area contributed by atoms with Gasteiger partial charge in [-0.25, -0.2) is 0 Å². The number of nitrogens with one attached hydrogen (secondary N) is 1. The quantitative estimate of drug-likeness (QED) is 0.870. The Kier molecular flexibility index (Phi) is 3.69. The molecule has 2 fully saturated rings. The first-order chi connectivity index (χ1) is 9.61. The molecule has 0 aromatic carbocycles. The minimum Gasteiger partial charge on any atom is -0.378 e. The highest BCUT2D eigenvalue weighted by molar-refractivity contribution is 5.30. The lowest BCUT2D eigenvalue weighted by molar-refractivity contribution is 0.117. The fraction of sp³-hybridized carbons (Fsp3) is 0.857. The third-order valence-corrected chi connectivity index (χ3v) is 4.96. The molecule has 20 heavy (non-hydrogen) atoms. The van der Waals surface area contributed by atoms with Gasteiger partial charge in [-0.15, -0.1) is 5.10 Å². The van der Waals surface area contributed by atoms with Crippen molar-refractivity contribution in [2.75, 3.05) is 31.1 Å². The zero-order valence-corrected chi connectivity index (χ0v) is 12.4. The van der Waals surface area contributed by atoms with Crippen LogP contribution in [0.15, 0.2) is 0 Å². The molecule has 112 valence electrons. The van der Waals surface area contributed by atoms with Crippen molar-refractivity contribution in [3.8, 4) is 0 Å². The smallest absolute Gasteiger partial charge is 0.244 e. The molecule has 3 N–H and O–H groups in total. The lowest BCUT2D eigenvalue weighted by atomic mass is 9.81. The number of rotatable bonds is 3. The highest BCUT2D eigenvalue weighted by Crippen LogP contribution is 2.32. The van der Waals surface area contributed by atoms with Gasteiger partial charge in [0.05, 0.1) is 6.10 Å². The Bertz CT molecular complexity index is 452. The van der Waals surface area contributed by atoms with E-state index < -0.39 is 0 Å². The van der Waals surface area contributed by atoms with E-state index in [4.69, 9.17) is 10.5 Å². The second kappa shape index (κ2) is 5.33. The summed E-state index contributed by atoms with van der Waals surface area (Å²) in [7, 11) is 0. The van der Waals surface area contributed by atoms with E-state index in [1.807, 2.05) is 0 Å². The molecule has 2 aliphatic heterocycles. The van der Waals surface area contributed by atoms with Gasteiger partial charge in [-0.1, -0.05) is 6.92 Å². The largest absolute Gasteiger partial charge is 0.378 e. The fourth-order valence-corrected chi connectivity index (χ4v) is 3.11. The summed E-state index contributed by atoms with van der Waals surface area (Å²) in [6.45, 7) is 7.93. The Morgan fingerprint density at radius 2 is 2.20 bits per heavy atom. The van der Waals surface area contributed by atoms with Crippen molar-refractivity contribution in [1.29, 1.82) is 0 Å². The van der Waals surface area contributed by atoms with E-state index in [9.17, 15) is 0 Å². The Balaban J connectivity index is 1.66. The van der Waals surface area contributed by atoms with Crippen LogP contribution >= 0.6 is 0 Å². The van der Waals surface area contributed by atoms with Crippen LogP contribution in [0.3, 0.4) is 0 Å². The van der Waals surface area contributed by atoms with E-state index in [0.717, 1.165) is 57.3 Å². The third kappa shape index (κ3) is 2.54. The summed E-state index contributed by atoms with van der Waals surface area (Å²) in [6, 6.07) is 0. The molecule has 0 aliphatic carbocycles. The monoisotopic (exact) mass is 279 g/mol. The van der Waals surface area contributed by atoms with E-state index >= 15 is 0 Å². The molecule has 2 saturated heterocycles. The molecular weight excluding hydrogens is 254 g/mol. The number of hydrogen-bond donors (Lipinski definition) is 2. The second-order valence-corrected chi connectivity index (χ2v) is 6.49. The van der Waals surface area contributed by atoms with Crippen LogP contribution in [0.1, 0.15) is 44.9 Å². The summed E-state index contributed by atoms with van der Waals surface area (Å²) in [5.74, 6) is 2.16. The molecule has 0 saturated carbocycles. The fourth-order valence-electron chi connectivity index (χ4n) is 3.11. The number of hydrogen-bond acceptors (Lipinski definition) is 5. The second-order valence-electron chi connectivity index (χ2n) is 6.49. The molecule has 2 unspecified atom stereocenters. The summed E-state index contributed by atoms with van der Waals surface area (Å²) < 4.78 is 5.60. The predicted octanol–water partition coefficient (Wildman–Crippen LogP) is 1.26. The van der Waals surface area contributed by atoms with Crippen molar-refractivity contribution in [2.24, 2.45) is 11.1 Å². The first kappa shape index (κ1) is 13.8. The van der Waals surface area contributed by atoms with Crippen molar-refractivity contribution in [1.82, 2.24) is 15.2 Å². The van der Waals surface area contributed by atoms with E-state index in [1.54, 1.807) is 0 Å². The summed E-state index contributed by atoms with van der Waals surface area (Å²) in [4.78, 5) is 6.95. The molecule has 0 amide bonds. The van der Waals surface area contributed by atoms with Gasteiger partial charge in [-0.2, -0.15) is 4.98 Å². The Hall–Kier alpha value is -1.14. The van der Waals surface area contributed by atoms with Gasteiger partial charge < -0.3 is 15.4 Å². The molecule has 3 heterocycles. The summed E-state index contributed by atoms with van der Waals surface area (Å²) in [5, 5.41) is 7.50. The average Bonchev–Trinajstić information content (AvgIpc) is 3.08. The number of anilines is 1. The highest BCUT2D eigenvalue weighted by Gasteiger charge is 2.32. The number of piperidine rings is 1. The standard InChI is InChI=1S/C14H25N5O/c1-10-11(3-8-20-10)12-16-13(18-17-12)19-6-4-14(2,9-15)5-7-19/h10-11H,3-9,15H2,1-2H3,(H,16,17,18). The van der Waals surface area contributed by atoms with E-state index in [1.165, 1.54) is 0 Å². The molecule has 1 aromatic heterocycles. The maximum absolute atomic E-state index is 5.85. The lowest BCUT2D eigenvalue weighted by Crippen LogP contribution is -2.42. The van der Waals surface area contributed by atoms with Gasteiger partial charge in [0, 0.05) is 25.6 Å². The van der Waals surface area contributed by atoms with Gasteiger partial charge in [0.25, 0.3) is 0 Å². The molecule has 6 heteroatoms. The van der Waals surface area contributed by atoms with Crippen molar-refractivity contribution in [2.45, 2.75) is 45.1 Å². The minimum atomic E-state index is 0.234. The third-order valence-electron chi connectivity index (χ3n) is 4.96. The maximum Gasteiger partial charge on any atom is 0.244 e. The van der Waals surface area contributed by atoms with Gasteiger partial charge in [0.1, 0.15) is 5.82 Å². The zero-order chi connectivity index (χ0) is 14.2. The molecule has 2 aliphatic rings. The molecule has 0 bridgehead atoms. The van der Waals surface area contributed by atoms with Crippen LogP contribution in [0.4, 0.5) is 5.95 Å². The van der Waals surface area contributed by atoms with Crippen LogP contribution in [0.5, 0.6) is 0 Å². The number of aromatic nitrogens is 3. The number of nitrogens with two attached hydrogens (primary N) is 1. The van der Waals surface area contributed by atoms with Gasteiger partial charge in [-0.3, -0.25) is 5.10 Å². The SMILES string of the molecule is CC1OCCC1c1nc(N2CCC(C)(CN)CC2)n[nH]1. The number of H-pyrrole nitrogens is 1. The van der Waals surface area contributed by atoms with Gasteiger partial charge in [-0.05, 0) is 38.1 Å². The van der Waals surface area contributed by atoms with Gasteiger partial charge in [0.15, 0.2) is 0 Å². The van der Waals surface area contributed by atoms with E-state index in [2.05, 4.69) is 33.9 Å². The normalized spacial score (nSPS) is 29.9. The van der Waals surface area contributed by atoms with Crippen molar-refractivity contribution in [3.05, 3.63) is 5.82 Å². The highest BCUT2D eigenvalue weighted by atomic mass is 16.5. The Morgan fingerprint density at radius 1 is 1.45 bits per heavy atom. The Morgan fingerprint density at radius 3 is 2.80 bits per heavy atom. The predicted molar refractivity (Wildman–Crippen MR) is 77.8 cm³/mol. The minimum absolute atomic E-state index is 0.234. The number of nitrogens with zero attached hydrogens (tertiary/aromatic N) is 3. The van der Waals surface area contributed by atoms with Crippen molar-refractivity contribution < 1.29 is 4.74 Å². The summed E-state index contributed by atoms with van der Waals surface area (Å²) in [6.07, 6.45) is 3.48. The average molecular weight is 279 g/mol. The van der Waals surface area contributed by atoms with Crippen LogP contribution in [0, 0.1) is 5.41 Å². The van der Waals surface area contributed by atoms with Crippen LogP contribution in [-0.2, 0) is 4.74 Å². The van der Waals surface area contributed by atoms with Crippen molar-refractivity contribution in [3.63, 3.8) is 0 Å². The van der Waals surface area contributed by atoms with E-state index in [0.29, 0.717) is 5.92 Å². The molecule has 0 spiro atoms. The lowest BCUT2D eigenvalue weighted by Gasteiger charge is -2.38. The molecule has 6 nitrogen and oxygen atoms in total. The molecule has 2 atom stereocenters. The molecule has 3 rings (SSSR count). The van der Waals surface area contributed by atoms with Crippen LogP contribution in [-0.4, -0.2) is 47.5 Å². The molecule has 1 aromatic rings. The zero-order valence-electron chi connectivity index (χ0n) is 12.4. The summed E-state index contributed by atoms with van der Waals surface area (Å²) in [5.41, 5.74) is 6.14. The van der Waals surface area contributed by atoms with Gasteiger partial charge in [0.2, 0.25) is 5.95 Å². The van der Waals surface area contributed by atoms with E-state index in [-0.39, 0.29) is 11.5 Å². The first-order valence-electron chi connectivity index (χ1n) is 7.60. The maximum atomic E-state index is 5.85. The summed E-state index contributed by atoms with van der Waals surface area (Å²) >= 11 is 0.